The maximum absolute atomic E-state index is 12.1. The Bertz CT molecular complexity index is 567. The largest absolute Gasteiger partial charge is 0.345 e. The van der Waals surface area contributed by atoms with Gasteiger partial charge in [-0.15, -0.1) is 0 Å². The molecule has 1 aromatic rings. The SMILES string of the molecule is Cc1cccc(NC(=O)C(=O)NC2CCC(C(C)(C)C)CC2)c1. The molecule has 2 amide bonds. The third-order valence-corrected chi connectivity index (χ3v) is 4.77. The molecule has 4 nitrogen and oxygen atoms in total. The molecule has 0 atom stereocenters. The molecule has 1 saturated carbocycles. The van der Waals surface area contributed by atoms with Crippen LogP contribution in [0.5, 0.6) is 0 Å². The van der Waals surface area contributed by atoms with Crippen molar-refractivity contribution in [3.05, 3.63) is 29.8 Å². The second kappa shape index (κ2) is 7.16. The van der Waals surface area contributed by atoms with Crippen molar-refractivity contribution in [1.29, 1.82) is 0 Å². The zero-order valence-corrected chi connectivity index (χ0v) is 14.6. The van der Waals surface area contributed by atoms with Gasteiger partial charge in [-0.05, 0) is 61.6 Å². The normalized spacial score (nSPS) is 21.6. The van der Waals surface area contributed by atoms with Crippen LogP contribution in [0.15, 0.2) is 24.3 Å². The first-order valence-electron chi connectivity index (χ1n) is 8.44. The van der Waals surface area contributed by atoms with Gasteiger partial charge in [0.15, 0.2) is 0 Å². The maximum atomic E-state index is 12.1. The van der Waals surface area contributed by atoms with Crippen LogP contribution in [-0.2, 0) is 9.59 Å². The van der Waals surface area contributed by atoms with Gasteiger partial charge in [0.1, 0.15) is 0 Å². The number of amides is 2. The molecular weight excluding hydrogens is 288 g/mol. The van der Waals surface area contributed by atoms with E-state index in [0.717, 1.165) is 31.2 Å². The summed E-state index contributed by atoms with van der Waals surface area (Å²) in [5, 5.41) is 5.53. The second-order valence-electron chi connectivity index (χ2n) is 7.71. The fourth-order valence-corrected chi connectivity index (χ4v) is 3.27. The Morgan fingerprint density at radius 2 is 1.70 bits per heavy atom. The smallest absolute Gasteiger partial charge is 0.313 e. The third-order valence-electron chi connectivity index (χ3n) is 4.77. The number of rotatable bonds is 2. The van der Waals surface area contributed by atoms with E-state index in [0.29, 0.717) is 17.0 Å². The lowest BCUT2D eigenvalue weighted by atomic mass is 9.71. The second-order valence-corrected chi connectivity index (χ2v) is 7.71. The summed E-state index contributed by atoms with van der Waals surface area (Å²) in [4.78, 5) is 24.1. The number of carbonyl (C=O) groups is 2. The summed E-state index contributed by atoms with van der Waals surface area (Å²) >= 11 is 0. The van der Waals surface area contributed by atoms with E-state index in [-0.39, 0.29) is 6.04 Å². The van der Waals surface area contributed by atoms with E-state index in [1.165, 1.54) is 0 Å². The topological polar surface area (TPSA) is 58.2 Å². The van der Waals surface area contributed by atoms with Crippen LogP contribution in [0.4, 0.5) is 5.69 Å². The molecule has 1 aliphatic carbocycles. The van der Waals surface area contributed by atoms with Gasteiger partial charge in [0, 0.05) is 11.7 Å². The van der Waals surface area contributed by atoms with Crippen molar-refractivity contribution in [1.82, 2.24) is 5.32 Å². The van der Waals surface area contributed by atoms with E-state index in [4.69, 9.17) is 0 Å². The Morgan fingerprint density at radius 1 is 1.04 bits per heavy atom. The van der Waals surface area contributed by atoms with Crippen molar-refractivity contribution in [2.75, 3.05) is 5.32 Å². The summed E-state index contributed by atoms with van der Waals surface area (Å²) in [7, 11) is 0. The van der Waals surface area contributed by atoms with Crippen LogP contribution in [0.25, 0.3) is 0 Å². The minimum Gasteiger partial charge on any atom is -0.345 e. The first-order valence-corrected chi connectivity index (χ1v) is 8.44. The van der Waals surface area contributed by atoms with Gasteiger partial charge < -0.3 is 10.6 Å². The first kappa shape index (κ1) is 17.5. The fourth-order valence-electron chi connectivity index (χ4n) is 3.27. The number of aryl methyl sites for hydroxylation is 1. The minimum absolute atomic E-state index is 0.115. The van der Waals surface area contributed by atoms with E-state index in [1.807, 2.05) is 25.1 Å². The number of carbonyl (C=O) groups excluding carboxylic acids is 2. The molecular formula is C19H28N2O2. The van der Waals surface area contributed by atoms with Gasteiger partial charge in [0.2, 0.25) is 0 Å². The molecule has 1 aliphatic rings. The molecule has 23 heavy (non-hydrogen) atoms. The summed E-state index contributed by atoms with van der Waals surface area (Å²) in [6, 6.07) is 7.55. The average molecular weight is 316 g/mol. The summed E-state index contributed by atoms with van der Waals surface area (Å²) in [6.07, 6.45) is 4.11. The third kappa shape index (κ3) is 5.08. The predicted octanol–water partition coefficient (Wildman–Crippen LogP) is 3.65. The van der Waals surface area contributed by atoms with E-state index in [2.05, 4.69) is 31.4 Å². The van der Waals surface area contributed by atoms with Crippen LogP contribution in [0.2, 0.25) is 0 Å². The Labute approximate surface area is 139 Å². The first-order chi connectivity index (χ1) is 10.8. The fraction of sp³-hybridized carbons (Fsp3) is 0.579. The molecule has 0 aromatic heterocycles. The summed E-state index contributed by atoms with van der Waals surface area (Å²) in [5.41, 5.74) is 2.02. The highest BCUT2D eigenvalue weighted by Crippen LogP contribution is 2.37. The van der Waals surface area contributed by atoms with E-state index in [1.54, 1.807) is 6.07 Å². The average Bonchev–Trinajstić information content (AvgIpc) is 2.46. The molecule has 0 saturated heterocycles. The van der Waals surface area contributed by atoms with E-state index in [9.17, 15) is 9.59 Å². The van der Waals surface area contributed by atoms with E-state index < -0.39 is 11.8 Å². The number of benzene rings is 1. The summed E-state index contributed by atoms with van der Waals surface area (Å²) < 4.78 is 0. The van der Waals surface area contributed by atoms with Gasteiger partial charge in [0.25, 0.3) is 0 Å². The molecule has 0 aliphatic heterocycles. The Kier molecular flexibility index (Phi) is 5.45. The van der Waals surface area contributed by atoms with Crippen LogP contribution < -0.4 is 10.6 Å². The van der Waals surface area contributed by atoms with Gasteiger partial charge in [0.05, 0.1) is 0 Å². The van der Waals surface area contributed by atoms with Crippen LogP contribution in [0.1, 0.15) is 52.0 Å². The van der Waals surface area contributed by atoms with Crippen molar-refractivity contribution in [3.63, 3.8) is 0 Å². The summed E-state index contributed by atoms with van der Waals surface area (Å²) in [5.74, 6) is -0.434. The number of hydrogen-bond donors (Lipinski definition) is 2. The monoisotopic (exact) mass is 316 g/mol. The van der Waals surface area contributed by atoms with E-state index >= 15 is 0 Å². The van der Waals surface area contributed by atoms with Gasteiger partial charge in [-0.25, -0.2) is 0 Å². The quantitative estimate of drug-likeness (QED) is 0.818. The van der Waals surface area contributed by atoms with Crippen LogP contribution in [0, 0.1) is 18.3 Å². The molecule has 126 valence electrons. The molecule has 0 unspecified atom stereocenters. The zero-order chi connectivity index (χ0) is 17.0. The molecule has 0 heterocycles. The molecule has 2 rings (SSSR count). The zero-order valence-electron chi connectivity index (χ0n) is 14.6. The van der Waals surface area contributed by atoms with Crippen molar-refractivity contribution < 1.29 is 9.59 Å². The van der Waals surface area contributed by atoms with Crippen molar-refractivity contribution >= 4 is 17.5 Å². The lowest BCUT2D eigenvalue weighted by Crippen LogP contribution is -2.44. The van der Waals surface area contributed by atoms with Crippen LogP contribution >= 0.6 is 0 Å². The highest BCUT2D eigenvalue weighted by molar-refractivity contribution is 6.39. The lowest BCUT2D eigenvalue weighted by Gasteiger charge is -2.37. The Hall–Kier alpha value is -1.84. The minimum atomic E-state index is -0.589. The number of anilines is 1. The van der Waals surface area contributed by atoms with Crippen molar-refractivity contribution in [2.24, 2.45) is 11.3 Å². The molecule has 1 fully saturated rings. The molecule has 0 spiro atoms. The molecule has 4 heteroatoms. The summed E-state index contributed by atoms with van der Waals surface area (Å²) in [6.45, 7) is 8.76. The molecule has 2 N–H and O–H groups in total. The van der Waals surface area contributed by atoms with Gasteiger partial charge in [-0.3, -0.25) is 9.59 Å². The maximum Gasteiger partial charge on any atom is 0.313 e. The van der Waals surface area contributed by atoms with Crippen LogP contribution in [-0.4, -0.2) is 17.9 Å². The lowest BCUT2D eigenvalue weighted by molar-refractivity contribution is -0.136. The van der Waals surface area contributed by atoms with Crippen molar-refractivity contribution in [3.8, 4) is 0 Å². The van der Waals surface area contributed by atoms with Crippen LogP contribution in [0.3, 0.4) is 0 Å². The standard InChI is InChI=1S/C19H28N2O2/c1-13-6-5-7-16(12-13)21-18(23)17(22)20-15-10-8-14(9-11-15)19(2,3)4/h5-7,12,14-15H,8-11H2,1-4H3,(H,20,22)(H,21,23). The number of nitrogens with one attached hydrogen (secondary N) is 2. The Morgan fingerprint density at radius 3 is 2.26 bits per heavy atom. The highest BCUT2D eigenvalue weighted by atomic mass is 16.2. The molecule has 1 aromatic carbocycles. The number of hydrogen-bond acceptors (Lipinski definition) is 2. The molecule has 0 radical (unpaired) electrons. The van der Waals surface area contributed by atoms with Gasteiger partial charge in [-0.2, -0.15) is 0 Å². The molecule has 0 bridgehead atoms. The van der Waals surface area contributed by atoms with Gasteiger partial charge >= 0.3 is 11.8 Å². The Balaban J connectivity index is 1.82. The van der Waals surface area contributed by atoms with Crippen molar-refractivity contribution in [2.45, 2.75) is 59.4 Å². The van der Waals surface area contributed by atoms with Gasteiger partial charge in [-0.1, -0.05) is 32.9 Å². The highest BCUT2D eigenvalue weighted by Gasteiger charge is 2.30. The predicted molar refractivity (Wildman–Crippen MR) is 93.2 cm³/mol.